The number of nitrogens with zero attached hydrogens (tertiary/aromatic N) is 2. The van der Waals surface area contributed by atoms with Crippen molar-refractivity contribution in [2.45, 2.75) is 12.8 Å². The van der Waals surface area contributed by atoms with Gasteiger partial charge in [0.05, 0.1) is 7.11 Å². The lowest BCUT2D eigenvalue weighted by Gasteiger charge is -2.09. The lowest BCUT2D eigenvalue weighted by molar-refractivity contribution is 0.409. The summed E-state index contributed by atoms with van der Waals surface area (Å²) in [6.07, 6.45) is 5.74. The Bertz CT molecular complexity index is 508. The summed E-state index contributed by atoms with van der Waals surface area (Å²) >= 11 is 0. The van der Waals surface area contributed by atoms with E-state index in [1.165, 1.54) is 5.56 Å². The van der Waals surface area contributed by atoms with Gasteiger partial charge in [-0.2, -0.15) is 0 Å². The molecule has 0 aliphatic carbocycles. The van der Waals surface area contributed by atoms with Crippen LogP contribution in [0.1, 0.15) is 11.4 Å². The van der Waals surface area contributed by atoms with Crippen molar-refractivity contribution in [3.63, 3.8) is 0 Å². The topological polar surface area (TPSA) is 39.1 Å². The van der Waals surface area contributed by atoms with Gasteiger partial charge < -0.3 is 14.6 Å². The molecule has 1 N–H and O–H groups in total. The van der Waals surface area contributed by atoms with Crippen molar-refractivity contribution in [2.24, 2.45) is 7.05 Å². The average Bonchev–Trinajstić information content (AvgIpc) is 2.84. The lowest BCUT2D eigenvalue weighted by atomic mass is 10.1. The molecule has 1 aromatic carbocycles. The molecule has 0 aliphatic rings. The summed E-state index contributed by atoms with van der Waals surface area (Å²) in [5.74, 6) is 2.08. The van der Waals surface area contributed by atoms with Crippen molar-refractivity contribution < 1.29 is 4.74 Å². The Hall–Kier alpha value is -1.81. The van der Waals surface area contributed by atoms with E-state index in [1.807, 2.05) is 37.6 Å². The van der Waals surface area contributed by atoms with Crippen molar-refractivity contribution in [3.05, 3.63) is 48.0 Å². The number of aromatic nitrogens is 2. The van der Waals surface area contributed by atoms with E-state index >= 15 is 0 Å². The van der Waals surface area contributed by atoms with Crippen molar-refractivity contribution in [1.82, 2.24) is 14.9 Å². The molecule has 0 unspecified atom stereocenters. The minimum Gasteiger partial charge on any atom is -0.496 e. The minimum absolute atomic E-state index is 0.944. The van der Waals surface area contributed by atoms with Crippen LogP contribution in [0.4, 0.5) is 0 Å². The molecule has 102 valence electrons. The molecule has 0 bridgehead atoms. The summed E-state index contributed by atoms with van der Waals surface area (Å²) in [4.78, 5) is 4.30. The Labute approximate surface area is 114 Å². The molecule has 2 aromatic rings. The van der Waals surface area contributed by atoms with Gasteiger partial charge in [0.2, 0.25) is 0 Å². The van der Waals surface area contributed by atoms with Gasteiger partial charge in [0.25, 0.3) is 0 Å². The summed E-state index contributed by atoms with van der Waals surface area (Å²) in [5, 5.41) is 3.44. The Morgan fingerprint density at radius 2 is 2.00 bits per heavy atom. The molecule has 0 spiro atoms. The summed E-state index contributed by atoms with van der Waals surface area (Å²) in [6, 6.07) is 8.16. The van der Waals surface area contributed by atoms with Crippen LogP contribution < -0.4 is 10.1 Å². The van der Waals surface area contributed by atoms with Gasteiger partial charge in [-0.3, -0.25) is 0 Å². The standard InChI is InChI=1S/C15H21N3O/c1-18-12-11-17-15(18)8-10-16-9-7-13-5-3-4-6-14(13)19-2/h3-6,11-12,16H,7-10H2,1-2H3. The van der Waals surface area contributed by atoms with Crippen LogP contribution in [-0.4, -0.2) is 29.8 Å². The van der Waals surface area contributed by atoms with Gasteiger partial charge in [0, 0.05) is 32.4 Å². The Balaban J connectivity index is 1.71. The highest BCUT2D eigenvalue weighted by Crippen LogP contribution is 2.17. The first-order chi connectivity index (χ1) is 9.31. The molecule has 0 saturated carbocycles. The minimum atomic E-state index is 0.944. The smallest absolute Gasteiger partial charge is 0.122 e. The second-order valence-electron chi connectivity index (χ2n) is 4.52. The first-order valence-corrected chi connectivity index (χ1v) is 6.60. The first-order valence-electron chi connectivity index (χ1n) is 6.60. The van der Waals surface area contributed by atoms with Crippen LogP contribution in [0, 0.1) is 0 Å². The normalized spacial score (nSPS) is 10.6. The summed E-state index contributed by atoms with van der Waals surface area (Å²) in [7, 11) is 3.74. The molecule has 0 aliphatic heterocycles. The third-order valence-electron chi connectivity index (χ3n) is 3.21. The van der Waals surface area contributed by atoms with Crippen molar-refractivity contribution in [3.8, 4) is 5.75 Å². The summed E-state index contributed by atoms with van der Waals surface area (Å²) in [6.45, 7) is 1.89. The summed E-state index contributed by atoms with van der Waals surface area (Å²) in [5.41, 5.74) is 1.24. The zero-order chi connectivity index (χ0) is 13.5. The molecule has 19 heavy (non-hydrogen) atoms. The number of imidazole rings is 1. The molecule has 2 rings (SSSR count). The second kappa shape index (κ2) is 6.95. The summed E-state index contributed by atoms with van der Waals surface area (Å²) < 4.78 is 7.39. The van der Waals surface area contributed by atoms with Gasteiger partial charge >= 0.3 is 0 Å². The first kappa shape index (κ1) is 13.6. The van der Waals surface area contributed by atoms with Crippen LogP contribution in [0.5, 0.6) is 5.75 Å². The second-order valence-corrected chi connectivity index (χ2v) is 4.52. The highest BCUT2D eigenvalue weighted by atomic mass is 16.5. The molecule has 0 radical (unpaired) electrons. The van der Waals surface area contributed by atoms with Crippen LogP contribution in [-0.2, 0) is 19.9 Å². The predicted octanol–water partition coefficient (Wildman–Crippen LogP) is 1.80. The van der Waals surface area contributed by atoms with Gasteiger partial charge in [-0.25, -0.2) is 4.98 Å². The molecular weight excluding hydrogens is 238 g/mol. The van der Waals surface area contributed by atoms with Crippen LogP contribution in [0.2, 0.25) is 0 Å². The fourth-order valence-corrected chi connectivity index (χ4v) is 2.10. The molecular formula is C15H21N3O. The highest BCUT2D eigenvalue weighted by Gasteiger charge is 2.01. The van der Waals surface area contributed by atoms with Crippen molar-refractivity contribution >= 4 is 0 Å². The van der Waals surface area contributed by atoms with Crippen molar-refractivity contribution in [2.75, 3.05) is 20.2 Å². The highest BCUT2D eigenvalue weighted by molar-refractivity contribution is 5.33. The number of hydrogen-bond acceptors (Lipinski definition) is 3. The van der Waals surface area contributed by atoms with Crippen molar-refractivity contribution in [1.29, 1.82) is 0 Å². The van der Waals surface area contributed by atoms with E-state index in [0.717, 1.165) is 37.5 Å². The third kappa shape index (κ3) is 3.83. The molecule has 4 heteroatoms. The van der Waals surface area contributed by atoms with Gasteiger partial charge in [0.1, 0.15) is 11.6 Å². The molecule has 1 aromatic heterocycles. The fraction of sp³-hybridized carbons (Fsp3) is 0.400. The largest absolute Gasteiger partial charge is 0.496 e. The number of para-hydroxylation sites is 1. The fourth-order valence-electron chi connectivity index (χ4n) is 2.10. The van der Waals surface area contributed by atoms with E-state index in [2.05, 4.69) is 20.9 Å². The molecule has 0 saturated heterocycles. The third-order valence-corrected chi connectivity index (χ3v) is 3.21. The molecule has 0 atom stereocenters. The number of methoxy groups -OCH3 is 1. The van der Waals surface area contributed by atoms with Crippen LogP contribution in [0.25, 0.3) is 0 Å². The number of benzene rings is 1. The average molecular weight is 259 g/mol. The van der Waals surface area contributed by atoms with Gasteiger partial charge in [-0.1, -0.05) is 18.2 Å². The van der Waals surface area contributed by atoms with Crippen LogP contribution in [0.3, 0.4) is 0 Å². The van der Waals surface area contributed by atoms with Gasteiger partial charge in [0.15, 0.2) is 0 Å². The lowest BCUT2D eigenvalue weighted by Crippen LogP contribution is -2.21. The zero-order valence-corrected chi connectivity index (χ0v) is 11.6. The maximum Gasteiger partial charge on any atom is 0.122 e. The molecule has 4 nitrogen and oxygen atoms in total. The number of hydrogen-bond donors (Lipinski definition) is 1. The van der Waals surface area contributed by atoms with Crippen LogP contribution in [0.15, 0.2) is 36.7 Å². The number of nitrogens with one attached hydrogen (secondary N) is 1. The van der Waals surface area contributed by atoms with E-state index < -0.39 is 0 Å². The maximum absolute atomic E-state index is 5.34. The monoisotopic (exact) mass is 259 g/mol. The Kier molecular flexibility index (Phi) is 4.98. The van der Waals surface area contributed by atoms with E-state index in [9.17, 15) is 0 Å². The predicted molar refractivity (Wildman–Crippen MR) is 76.5 cm³/mol. The zero-order valence-electron chi connectivity index (χ0n) is 11.6. The van der Waals surface area contributed by atoms with Gasteiger partial charge in [-0.15, -0.1) is 0 Å². The number of aryl methyl sites for hydroxylation is 1. The number of rotatable bonds is 7. The van der Waals surface area contributed by atoms with E-state index in [1.54, 1.807) is 7.11 Å². The maximum atomic E-state index is 5.34. The van der Waals surface area contributed by atoms with E-state index in [0.29, 0.717) is 0 Å². The quantitative estimate of drug-likeness (QED) is 0.771. The Morgan fingerprint density at radius 1 is 1.21 bits per heavy atom. The van der Waals surface area contributed by atoms with Crippen LogP contribution >= 0.6 is 0 Å². The molecule has 0 amide bonds. The van der Waals surface area contributed by atoms with E-state index in [-0.39, 0.29) is 0 Å². The van der Waals surface area contributed by atoms with E-state index in [4.69, 9.17) is 4.74 Å². The SMILES string of the molecule is COc1ccccc1CCNCCc1nccn1C. The Morgan fingerprint density at radius 3 is 2.74 bits per heavy atom. The van der Waals surface area contributed by atoms with Gasteiger partial charge in [-0.05, 0) is 24.6 Å². The number of ether oxygens (including phenoxy) is 1. The molecule has 1 heterocycles. The molecule has 0 fully saturated rings.